The first kappa shape index (κ1) is 12.6. The molecule has 3 heteroatoms. The smallest absolute Gasteiger partial charge is 0.333 e. The third-order valence-electron chi connectivity index (χ3n) is 4.01. The van der Waals surface area contributed by atoms with E-state index in [0.29, 0.717) is 24.7 Å². The van der Waals surface area contributed by atoms with Crippen LogP contribution in [0.25, 0.3) is 0 Å². The number of carbonyl (C=O) groups excluding carboxylic acids is 1. The number of esters is 1. The molecule has 1 saturated heterocycles. The zero-order valence-electron chi connectivity index (χ0n) is 10.7. The maximum atomic E-state index is 11.8. The Hall–Kier alpha value is -0.830. The molecule has 0 N–H and O–H groups in total. The normalized spacial score (nSPS) is 30.2. The summed E-state index contributed by atoms with van der Waals surface area (Å²) in [6, 6.07) is 0. The van der Waals surface area contributed by atoms with Crippen LogP contribution in [0.1, 0.15) is 45.4 Å². The largest absolute Gasteiger partial charge is 0.453 e. The molecule has 2 aliphatic rings. The number of rotatable bonds is 3. The third kappa shape index (κ3) is 2.71. The van der Waals surface area contributed by atoms with Crippen molar-refractivity contribution in [2.24, 2.45) is 5.92 Å². The summed E-state index contributed by atoms with van der Waals surface area (Å²) in [5.74, 6) is 0.211. The van der Waals surface area contributed by atoms with Crippen LogP contribution in [0.15, 0.2) is 12.2 Å². The molecule has 0 aromatic heterocycles. The van der Waals surface area contributed by atoms with E-state index in [1.165, 1.54) is 19.3 Å². The van der Waals surface area contributed by atoms with Crippen LogP contribution >= 0.6 is 0 Å². The highest BCUT2D eigenvalue weighted by Crippen LogP contribution is 2.40. The minimum Gasteiger partial charge on any atom is -0.453 e. The van der Waals surface area contributed by atoms with E-state index in [9.17, 15) is 4.79 Å². The van der Waals surface area contributed by atoms with Crippen molar-refractivity contribution >= 4 is 5.97 Å². The molecule has 0 spiro atoms. The Morgan fingerprint density at radius 2 is 2.06 bits per heavy atom. The highest BCUT2D eigenvalue weighted by molar-refractivity contribution is 5.87. The fraction of sp³-hybridized carbons (Fsp3) is 0.786. The van der Waals surface area contributed by atoms with E-state index < -0.39 is 0 Å². The van der Waals surface area contributed by atoms with Gasteiger partial charge in [-0.1, -0.05) is 25.8 Å². The van der Waals surface area contributed by atoms with E-state index in [1.807, 2.05) is 0 Å². The predicted molar refractivity (Wildman–Crippen MR) is 65.6 cm³/mol. The Morgan fingerprint density at radius 1 is 1.35 bits per heavy atom. The van der Waals surface area contributed by atoms with Crippen molar-refractivity contribution in [3.8, 4) is 0 Å². The van der Waals surface area contributed by atoms with Gasteiger partial charge in [0.1, 0.15) is 5.60 Å². The number of carbonyl (C=O) groups is 1. The number of ether oxygens (including phenoxy) is 2. The van der Waals surface area contributed by atoms with E-state index in [0.717, 1.165) is 19.3 Å². The molecule has 1 aliphatic heterocycles. The van der Waals surface area contributed by atoms with Gasteiger partial charge >= 0.3 is 5.97 Å². The van der Waals surface area contributed by atoms with E-state index in [4.69, 9.17) is 9.47 Å². The minimum atomic E-state index is -0.365. The second-order valence-corrected chi connectivity index (χ2v) is 5.37. The van der Waals surface area contributed by atoms with E-state index in [2.05, 4.69) is 6.58 Å². The predicted octanol–water partition coefficient (Wildman–Crippen LogP) is 2.85. The van der Waals surface area contributed by atoms with Gasteiger partial charge in [0.25, 0.3) is 0 Å². The second kappa shape index (κ2) is 5.21. The maximum absolute atomic E-state index is 11.8. The Morgan fingerprint density at radius 3 is 2.59 bits per heavy atom. The molecule has 17 heavy (non-hydrogen) atoms. The molecule has 2 rings (SSSR count). The minimum absolute atomic E-state index is 0.263. The van der Waals surface area contributed by atoms with Crippen molar-refractivity contribution in [2.75, 3.05) is 13.2 Å². The lowest BCUT2D eigenvalue weighted by Gasteiger charge is -2.38. The molecular weight excluding hydrogens is 216 g/mol. The van der Waals surface area contributed by atoms with Crippen LogP contribution in [-0.4, -0.2) is 24.8 Å². The van der Waals surface area contributed by atoms with Gasteiger partial charge in [0.2, 0.25) is 0 Å². The van der Waals surface area contributed by atoms with Gasteiger partial charge in [0.05, 0.1) is 13.2 Å². The first-order valence-corrected chi connectivity index (χ1v) is 6.61. The molecule has 1 heterocycles. The zero-order chi connectivity index (χ0) is 12.3. The van der Waals surface area contributed by atoms with Crippen molar-refractivity contribution in [3.05, 3.63) is 12.2 Å². The number of hydrogen-bond acceptors (Lipinski definition) is 3. The zero-order valence-corrected chi connectivity index (χ0v) is 10.7. The summed E-state index contributed by atoms with van der Waals surface area (Å²) in [4.78, 5) is 11.8. The van der Waals surface area contributed by atoms with Crippen LogP contribution in [-0.2, 0) is 14.3 Å². The van der Waals surface area contributed by atoms with E-state index in [-0.39, 0.29) is 11.6 Å². The molecule has 3 nitrogen and oxygen atoms in total. The Balaban J connectivity index is 2.08. The molecule has 0 aromatic carbocycles. The summed E-state index contributed by atoms with van der Waals surface area (Å²) in [5.41, 5.74) is 0.114. The van der Waals surface area contributed by atoms with Gasteiger partial charge in [-0.05, 0) is 19.8 Å². The molecule has 2 fully saturated rings. The van der Waals surface area contributed by atoms with Gasteiger partial charge in [-0.25, -0.2) is 4.79 Å². The molecule has 1 saturated carbocycles. The average molecular weight is 238 g/mol. The van der Waals surface area contributed by atoms with Crippen molar-refractivity contribution < 1.29 is 14.3 Å². The van der Waals surface area contributed by atoms with Gasteiger partial charge in [-0.2, -0.15) is 0 Å². The van der Waals surface area contributed by atoms with Gasteiger partial charge in [0.15, 0.2) is 0 Å². The van der Waals surface area contributed by atoms with Crippen LogP contribution in [0, 0.1) is 5.92 Å². The lowest BCUT2D eigenvalue weighted by molar-refractivity contribution is -0.163. The average Bonchev–Trinajstić information content (AvgIpc) is 2.80. The topological polar surface area (TPSA) is 35.5 Å². The quantitative estimate of drug-likeness (QED) is 0.560. The van der Waals surface area contributed by atoms with Gasteiger partial charge in [0, 0.05) is 17.9 Å². The third-order valence-corrected chi connectivity index (χ3v) is 4.01. The van der Waals surface area contributed by atoms with Crippen LogP contribution < -0.4 is 0 Å². The standard InChI is InChI=1S/C14H22O3/c1-11(2)13(15)17-14(8-9-16-10-14)12-6-4-3-5-7-12/h12H,1,3-10H2,2H3. The lowest BCUT2D eigenvalue weighted by Crippen LogP contribution is -2.44. The van der Waals surface area contributed by atoms with Gasteiger partial charge < -0.3 is 9.47 Å². The van der Waals surface area contributed by atoms with Crippen molar-refractivity contribution in [1.82, 2.24) is 0 Å². The maximum Gasteiger partial charge on any atom is 0.333 e. The molecule has 0 bridgehead atoms. The molecule has 1 unspecified atom stereocenters. The fourth-order valence-corrected chi connectivity index (χ4v) is 2.95. The summed E-state index contributed by atoms with van der Waals surface area (Å²) in [7, 11) is 0. The molecule has 0 amide bonds. The van der Waals surface area contributed by atoms with Crippen molar-refractivity contribution in [1.29, 1.82) is 0 Å². The summed E-state index contributed by atoms with van der Waals surface area (Å²) >= 11 is 0. The van der Waals surface area contributed by atoms with E-state index >= 15 is 0 Å². The Kier molecular flexibility index (Phi) is 3.87. The van der Waals surface area contributed by atoms with Crippen LogP contribution in [0.4, 0.5) is 0 Å². The first-order chi connectivity index (χ1) is 8.14. The Labute approximate surface area is 103 Å². The molecule has 1 aliphatic carbocycles. The van der Waals surface area contributed by atoms with Gasteiger partial charge in [-0.15, -0.1) is 0 Å². The number of hydrogen-bond donors (Lipinski definition) is 0. The monoisotopic (exact) mass is 238 g/mol. The lowest BCUT2D eigenvalue weighted by atomic mass is 9.76. The fourth-order valence-electron chi connectivity index (χ4n) is 2.95. The summed E-state index contributed by atoms with van der Waals surface area (Å²) < 4.78 is 11.2. The summed E-state index contributed by atoms with van der Waals surface area (Å²) in [6.07, 6.45) is 6.96. The molecule has 0 radical (unpaired) electrons. The van der Waals surface area contributed by atoms with Crippen LogP contribution in [0.3, 0.4) is 0 Å². The SMILES string of the molecule is C=C(C)C(=O)OC1(C2CCCCC2)CCOC1. The first-order valence-electron chi connectivity index (χ1n) is 6.61. The van der Waals surface area contributed by atoms with Gasteiger partial charge in [-0.3, -0.25) is 0 Å². The molecular formula is C14H22O3. The Bertz CT molecular complexity index is 297. The van der Waals surface area contributed by atoms with Crippen LogP contribution in [0.5, 0.6) is 0 Å². The van der Waals surface area contributed by atoms with Crippen molar-refractivity contribution in [2.45, 2.75) is 51.0 Å². The summed E-state index contributed by atoms with van der Waals surface area (Å²) in [6.45, 7) is 6.63. The second-order valence-electron chi connectivity index (χ2n) is 5.37. The van der Waals surface area contributed by atoms with Crippen LogP contribution in [0.2, 0.25) is 0 Å². The molecule has 1 atom stereocenters. The highest BCUT2D eigenvalue weighted by atomic mass is 16.6. The highest BCUT2D eigenvalue weighted by Gasteiger charge is 2.46. The summed E-state index contributed by atoms with van der Waals surface area (Å²) in [5, 5.41) is 0. The molecule has 0 aromatic rings. The molecule has 96 valence electrons. The van der Waals surface area contributed by atoms with Crippen molar-refractivity contribution in [3.63, 3.8) is 0 Å². The van der Waals surface area contributed by atoms with E-state index in [1.54, 1.807) is 6.92 Å².